The number of anilines is 2. The zero-order valence-electron chi connectivity index (χ0n) is 20.7. The van der Waals surface area contributed by atoms with Gasteiger partial charge in [0, 0.05) is 77.7 Å². The van der Waals surface area contributed by atoms with Gasteiger partial charge in [-0.2, -0.15) is 0 Å². The molecule has 1 atom stereocenters. The Morgan fingerprint density at radius 3 is 2.74 bits per heavy atom. The van der Waals surface area contributed by atoms with Crippen LogP contribution < -0.4 is 10.6 Å². The van der Waals surface area contributed by atoms with Crippen LogP contribution in [0.3, 0.4) is 0 Å². The molecule has 4 aromatic rings. The number of benzene rings is 2. The number of piperazine rings is 1. The van der Waals surface area contributed by atoms with E-state index in [1.54, 1.807) is 11.3 Å². The van der Waals surface area contributed by atoms with E-state index in [0.717, 1.165) is 57.2 Å². The molecule has 0 radical (unpaired) electrons. The predicted molar refractivity (Wildman–Crippen MR) is 149 cm³/mol. The fourth-order valence-corrected chi connectivity index (χ4v) is 6.94. The maximum Gasteiger partial charge on any atom is 0.180 e. The van der Waals surface area contributed by atoms with Crippen molar-refractivity contribution in [3.63, 3.8) is 0 Å². The van der Waals surface area contributed by atoms with Crippen LogP contribution >= 0.6 is 11.3 Å². The van der Waals surface area contributed by atoms with Gasteiger partial charge in [0.05, 0.1) is 5.69 Å². The Kier molecular flexibility index (Phi) is 6.39. The van der Waals surface area contributed by atoms with Crippen molar-refractivity contribution in [1.29, 1.82) is 0 Å². The minimum absolute atomic E-state index is 0.631. The van der Waals surface area contributed by atoms with E-state index in [4.69, 9.17) is 5.73 Å². The fraction of sp³-hybridized carbons (Fsp3) is 0.464. The average molecular weight is 489 g/mol. The van der Waals surface area contributed by atoms with Gasteiger partial charge in [0.15, 0.2) is 5.13 Å². The largest absolute Gasteiger partial charge is 0.375 e. The van der Waals surface area contributed by atoms with E-state index in [9.17, 15) is 0 Å². The van der Waals surface area contributed by atoms with Crippen molar-refractivity contribution in [2.45, 2.75) is 38.6 Å². The number of nitrogen functional groups attached to an aromatic ring is 1. The number of aromatic nitrogens is 2. The number of thiazole rings is 1. The Balaban J connectivity index is 1.05. The molecule has 7 heteroatoms. The van der Waals surface area contributed by atoms with Crippen LogP contribution in [0.15, 0.2) is 42.5 Å². The number of H-pyrrole nitrogens is 1. The second-order valence-corrected chi connectivity index (χ2v) is 11.2. The number of para-hydroxylation sites is 1. The van der Waals surface area contributed by atoms with Crippen LogP contribution in [0.2, 0.25) is 0 Å². The van der Waals surface area contributed by atoms with Crippen LogP contribution in [0.1, 0.15) is 30.3 Å². The molecule has 0 amide bonds. The van der Waals surface area contributed by atoms with Gasteiger partial charge >= 0.3 is 0 Å². The molecule has 1 aliphatic carbocycles. The summed E-state index contributed by atoms with van der Waals surface area (Å²) in [5.74, 6) is 0. The molecule has 1 fully saturated rings. The molecule has 184 valence electrons. The third-order valence-electron chi connectivity index (χ3n) is 7.89. The summed E-state index contributed by atoms with van der Waals surface area (Å²) < 4.78 is 0. The van der Waals surface area contributed by atoms with Gasteiger partial charge in [0.1, 0.15) is 0 Å². The monoisotopic (exact) mass is 488 g/mol. The van der Waals surface area contributed by atoms with E-state index in [2.05, 4.69) is 74.1 Å². The molecule has 0 unspecified atom stereocenters. The number of hydrogen-bond acceptors (Lipinski definition) is 6. The van der Waals surface area contributed by atoms with E-state index in [-0.39, 0.29) is 0 Å². The van der Waals surface area contributed by atoms with E-state index >= 15 is 0 Å². The maximum atomic E-state index is 5.97. The first-order valence-corrected chi connectivity index (χ1v) is 14.0. The fourth-order valence-electron chi connectivity index (χ4n) is 5.99. The van der Waals surface area contributed by atoms with Gasteiger partial charge < -0.3 is 15.6 Å². The highest BCUT2D eigenvalue weighted by Crippen LogP contribution is 2.31. The second kappa shape index (κ2) is 9.80. The maximum absolute atomic E-state index is 5.97. The quantitative estimate of drug-likeness (QED) is 0.393. The van der Waals surface area contributed by atoms with Crippen molar-refractivity contribution in [2.24, 2.45) is 0 Å². The lowest BCUT2D eigenvalue weighted by Crippen LogP contribution is -2.50. The predicted octanol–water partition coefficient (Wildman–Crippen LogP) is 4.75. The molecule has 2 aromatic heterocycles. The zero-order valence-corrected chi connectivity index (χ0v) is 21.5. The van der Waals surface area contributed by atoms with E-state index < -0.39 is 0 Å². The third kappa shape index (κ3) is 4.65. The summed E-state index contributed by atoms with van der Waals surface area (Å²) in [5, 5.41) is 3.36. The number of fused-ring (bicyclic) bond motifs is 4. The van der Waals surface area contributed by atoms with E-state index in [1.807, 2.05) is 0 Å². The highest BCUT2D eigenvalue weighted by Gasteiger charge is 2.27. The first-order valence-electron chi connectivity index (χ1n) is 13.1. The molecule has 2 aliphatic rings. The van der Waals surface area contributed by atoms with Crippen molar-refractivity contribution < 1.29 is 0 Å². The van der Waals surface area contributed by atoms with Gasteiger partial charge in [-0.3, -0.25) is 9.80 Å². The standard InChI is InChI=1S/C28H36N6S/c1-2-11-33(21-8-10-25-27(19-21)35-28(29)31-25)15-12-32-13-16-34(17-14-32)20-7-9-23-22-5-3-4-6-24(22)30-26(23)18-20/h3-7,9,18,21,30H,2,8,10-17,19H2,1H3,(H2,29,31)/t21-/m0/s1. The molecule has 0 saturated carbocycles. The van der Waals surface area contributed by atoms with Gasteiger partial charge in [-0.1, -0.05) is 31.2 Å². The highest BCUT2D eigenvalue weighted by atomic mass is 32.1. The van der Waals surface area contributed by atoms with Gasteiger partial charge in [0.2, 0.25) is 0 Å². The Morgan fingerprint density at radius 1 is 1.06 bits per heavy atom. The minimum Gasteiger partial charge on any atom is -0.375 e. The SMILES string of the molecule is CCCN(CCN1CCN(c2ccc3c(c2)[nH]c2ccccc23)CC1)[C@H]1CCc2nc(N)sc2C1. The van der Waals surface area contributed by atoms with Gasteiger partial charge in [-0.25, -0.2) is 4.98 Å². The van der Waals surface area contributed by atoms with Crippen LogP contribution in [-0.2, 0) is 12.8 Å². The first kappa shape index (κ1) is 22.8. The summed E-state index contributed by atoms with van der Waals surface area (Å²) in [6.07, 6.45) is 4.61. The molecule has 0 spiro atoms. The molecule has 3 heterocycles. The zero-order chi connectivity index (χ0) is 23.8. The summed E-state index contributed by atoms with van der Waals surface area (Å²) in [5.41, 5.74) is 11.0. The average Bonchev–Trinajstić information content (AvgIpc) is 3.45. The lowest BCUT2D eigenvalue weighted by atomic mass is 9.96. The Labute approximate surface area is 211 Å². The highest BCUT2D eigenvalue weighted by molar-refractivity contribution is 7.15. The molecule has 6 rings (SSSR count). The molecule has 0 bridgehead atoms. The van der Waals surface area contributed by atoms with E-state index in [1.165, 1.54) is 57.5 Å². The molecule has 1 aliphatic heterocycles. The smallest absolute Gasteiger partial charge is 0.180 e. The lowest BCUT2D eigenvalue weighted by molar-refractivity contribution is 0.146. The first-order chi connectivity index (χ1) is 17.2. The number of hydrogen-bond donors (Lipinski definition) is 2. The summed E-state index contributed by atoms with van der Waals surface area (Å²) >= 11 is 1.70. The van der Waals surface area contributed by atoms with Crippen LogP contribution in [0.25, 0.3) is 21.8 Å². The Hall–Kier alpha value is -2.61. The van der Waals surface area contributed by atoms with Crippen LogP contribution in [-0.4, -0.2) is 71.6 Å². The molecule has 35 heavy (non-hydrogen) atoms. The van der Waals surface area contributed by atoms with Gasteiger partial charge in [-0.05, 0) is 50.4 Å². The van der Waals surface area contributed by atoms with Crippen LogP contribution in [0, 0.1) is 0 Å². The minimum atomic E-state index is 0.631. The number of nitrogens with zero attached hydrogens (tertiary/aromatic N) is 4. The Morgan fingerprint density at radius 2 is 1.89 bits per heavy atom. The summed E-state index contributed by atoms with van der Waals surface area (Å²) in [6.45, 7) is 10.2. The summed E-state index contributed by atoms with van der Waals surface area (Å²) in [7, 11) is 0. The number of nitrogens with two attached hydrogens (primary N) is 1. The summed E-state index contributed by atoms with van der Waals surface area (Å²) in [4.78, 5) is 17.5. The van der Waals surface area contributed by atoms with Crippen LogP contribution in [0.4, 0.5) is 10.8 Å². The van der Waals surface area contributed by atoms with Crippen molar-refractivity contribution in [3.05, 3.63) is 53.0 Å². The molecular weight excluding hydrogens is 452 g/mol. The topological polar surface area (TPSA) is 64.4 Å². The third-order valence-corrected chi connectivity index (χ3v) is 8.84. The molecule has 6 nitrogen and oxygen atoms in total. The van der Waals surface area contributed by atoms with Gasteiger partial charge in [0.25, 0.3) is 0 Å². The van der Waals surface area contributed by atoms with Crippen molar-refractivity contribution >= 4 is 44.0 Å². The number of rotatable bonds is 7. The molecule has 3 N–H and O–H groups in total. The molecule has 2 aromatic carbocycles. The Bertz CT molecular complexity index is 1300. The van der Waals surface area contributed by atoms with Gasteiger partial charge in [-0.15, -0.1) is 11.3 Å². The molecule has 1 saturated heterocycles. The van der Waals surface area contributed by atoms with E-state index in [0.29, 0.717) is 6.04 Å². The van der Waals surface area contributed by atoms with Crippen LogP contribution in [0.5, 0.6) is 0 Å². The number of aryl methyl sites for hydroxylation is 1. The normalized spacial score (nSPS) is 19.1. The number of aromatic amines is 1. The lowest BCUT2D eigenvalue weighted by Gasteiger charge is -2.39. The van der Waals surface area contributed by atoms with Crippen molar-refractivity contribution in [3.8, 4) is 0 Å². The summed E-state index contributed by atoms with van der Waals surface area (Å²) in [6, 6.07) is 16.1. The van der Waals surface area contributed by atoms with Crippen molar-refractivity contribution in [1.82, 2.24) is 19.8 Å². The number of nitrogens with one attached hydrogen (secondary N) is 1. The molecular formula is C28H36N6S. The van der Waals surface area contributed by atoms with Crippen molar-refractivity contribution in [2.75, 3.05) is 56.4 Å². The second-order valence-electron chi connectivity index (χ2n) is 10.1.